The largest absolute Gasteiger partial charge is 0.490 e. The molecule has 4 heteroatoms. The highest BCUT2D eigenvalue weighted by Crippen LogP contribution is 2.31. The van der Waals surface area contributed by atoms with Gasteiger partial charge in [0, 0.05) is 9.58 Å². The molecular formula is C15H14O3S. The summed E-state index contributed by atoms with van der Waals surface area (Å²) in [5, 5.41) is 10.1. The molecule has 3 nitrogen and oxygen atoms in total. The number of aryl methyl sites for hydroxylation is 1. The quantitative estimate of drug-likeness (QED) is 0.523. The molecule has 0 aliphatic rings. The van der Waals surface area contributed by atoms with E-state index in [1.165, 1.54) is 28.8 Å². The fraction of sp³-hybridized carbons (Fsp3) is 0.133. The van der Waals surface area contributed by atoms with Crippen LogP contribution in [0.4, 0.5) is 0 Å². The van der Waals surface area contributed by atoms with E-state index in [0.717, 1.165) is 4.88 Å². The lowest BCUT2D eigenvalue weighted by atomic mass is 10.1. The molecule has 98 valence electrons. The highest BCUT2D eigenvalue weighted by atomic mass is 32.1. The molecule has 19 heavy (non-hydrogen) atoms. The Kier molecular flexibility index (Phi) is 4.02. The highest BCUT2D eigenvalue weighted by Gasteiger charge is 2.06. The Morgan fingerprint density at radius 1 is 1.37 bits per heavy atom. The summed E-state index contributed by atoms with van der Waals surface area (Å²) in [5.41, 5.74) is 1.21. The zero-order valence-electron chi connectivity index (χ0n) is 10.7. The van der Waals surface area contributed by atoms with Crippen LogP contribution in [-0.2, 0) is 9.53 Å². The maximum atomic E-state index is 10.8. The number of thiophene rings is 1. The molecule has 0 radical (unpaired) electrons. The smallest absolute Gasteiger partial charge is 0.371 e. The van der Waals surface area contributed by atoms with E-state index >= 15 is 0 Å². The Bertz CT molecular complexity index is 665. The van der Waals surface area contributed by atoms with Crippen molar-refractivity contribution in [1.29, 1.82) is 0 Å². The van der Waals surface area contributed by atoms with E-state index in [-0.39, 0.29) is 5.76 Å². The standard InChI is InChI=1S/C15H14O3S/c1-10-11-6-3-4-8-14(11)19-13(10)9-5-7-12(18-2)15(16)17/h3-9H,1-2H3,(H,16,17). The number of rotatable bonds is 4. The fourth-order valence-electron chi connectivity index (χ4n) is 1.80. The number of fused-ring (bicyclic) bond motifs is 1. The molecule has 0 spiro atoms. The predicted molar refractivity (Wildman–Crippen MR) is 78.3 cm³/mol. The molecule has 2 rings (SSSR count). The second-order valence-electron chi connectivity index (χ2n) is 3.99. The van der Waals surface area contributed by atoms with Crippen molar-refractivity contribution in [3.63, 3.8) is 0 Å². The Balaban J connectivity index is 2.31. The van der Waals surface area contributed by atoms with E-state index in [0.29, 0.717) is 0 Å². The number of carboxylic acids is 1. The van der Waals surface area contributed by atoms with Gasteiger partial charge in [-0.25, -0.2) is 4.79 Å². The van der Waals surface area contributed by atoms with Gasteiger partial charge in [0.05, 0.1) is 7.11 Å². The number of methoxy groups -OCH3 is 1. The number of benzene rings is 1. The fourth-order valence-corrected chi connectivity index (χ4v) is 2.93. The minimum Gasteiger partial charge on any atom is -0.490 e. The van der Waals surface area contributed by atoms with Gasteiger partial charge in [-0.15, -0.1) is 11.3 Å². The van der Waals surface area contributed by atoms with E-state index in [2.05, 4.69) is 19.1 Å². The van der Waals surface area contributed by atoms with Crippen LogP contribution in [0.2, 0.25) is 0 Å². The van der Waals surface area contributed by atoms with Gasteiger partial charge in [0.25, 0.3) is 0 Å². The monoisotopic (exact) mass is 274 g/mol. The molecule has 1 N–H and O–H groups in total. The van der Waals surface area contributed by atoms with Crippen molar-refractivity contribution < 1.29 is 14.6 Å². The van der Waals surface area contributed by atoms with Gasteiger partial charge in [-0.05, 0) is 36.1 Å². The summed E-state index contributed by atoms with van der Waals surface area (Å²) in [6.07, 6.45) is 5.05. The molecule has 0 aliphatic heterocycles. The van der Waals surface area contributed by atoms with Crippen molar-refractivity contribution in [3.8, 4) is 0 Å². The topological polar surface area (TPSA) is 46.5 Å². The van der Waals surface area contributed by atoms with Crippen LogP contribution in [0.5, 0.6) is 0 Å². The lowest BCUT2D eigenvalue weighted by Crippen LogP contribution is -2.01. The van der Waals surface area contributed by atoms with Crippen molar-refractivity contribution in [3.05, 3.63) is 52.6 Å². The minimum atomic E-state index is -1.07. The number of carbonyl (C=O) groups is 1. The summed E-state index contributed by atoms with van der Waals surface area (Å²) in [4.78, 5) is 11.9. The third kappa shape index (κ3) is 2.85. The Hall–Kier alpha value is -2.07. The predicted octanol–water partition coefficient (Wildman–Crippen LogP) is 3.84. The average Bonchev–Trinajstić information content (AvgIpc) is 2.72. The van der Waals surface area contributed by atoms with Crippen molar-refractivity contribution >= 4 is 33.5 Å². The van der Waals surface area contributed by atoms with Crippen LogP contribution < -0.4 is 0 Å². The molecule has 0 saturated carbocycles. The molecular weight excluding hydrogens is 260 g/mol. The molecule has 0 aliphatic carbocycles. The van der Waals surface area contributed by atoms with Gasteiger partial charge in [0.15, 0.2) is 0 Å². The summed E-state index contributed by atoms with van der Waals surface area (Å²) in [5.74, 6) is -1.14. The van der Waals surface area contributed by atoms with Crippen LogP contribution in [0.25, 0.3) is 16.2 Å². The lowest BCUT2D eigenvalue weighted by molar-refractivity contribution is -0.136. The number of ether oxygens (including phenoxy) is 1. The van der Waals surface area contributed by atoms with Gasteiger partial charge in [-0.1, -0.05) is 24.3 Å². The second kappa shape index (κ2) is 5.71. The van der Waals surface area contributed by atoms with Gasteiger partial charge >= 0.3 is 5.97 Å². The van der Waals surface area contributed by atoms with Crippen molar-refractivity contribution in [1.82, 2.24) is 0 Å². The number of allylic oxidation sites excluding steroid dienone is 2. The van der Waals surface area contributed by atoms with Crippen LogP contribution >= 0.6 is 11.3 Å². The van der Waals surface area contributed by atoms with Gasteiger partial charge in [0.1, 0.15) is 0 Å². The maximum Gasteiger partial charge on any atom is 0.371 e. The summed E-state index contributed by atoms with van der Waals surface area (Å²) < 4.78 is 5.98. The third-order valence-corrected chi connectivity index (χ3v) is 4.04. The Labute approximate surface area is 115 Å². The Morgan fingerprint density at radius 3 is 2.74 bits per heavy atom. The molecule has 0 atom stereocenters. The lowest BCUT2D eigenvalue weighted by Gasteiger charge is -1.96. The zero-order valence-corrected chi connectivity index (χ0v) is 11.5. The maximum absolute atomic E-state index is 10.8. The van der Waals surface area contributed by atoms with Gasteiger partial charge in [-0.3, -0.25) is 0 Å². The number of hydrogen-bond donors (Lipinski definition) is 1. The molecule has 0 amide bonds. The SMILES string of the molecule is COC(=CC=Cc1sc2ccccc2c1C)C(=O)O. The van der Waals surface area contributed by atoms with Gasteiger partial charge in [-0.2, -0.15) is 0 Å². The third-order valence-electron chi connectivity index (χ3n) is 2.81. The first-order chi connectivity index (χ1) is 9.13. The zero-order chi connectivity index (χ0) is 13.8. The van der Waals surface area contributed by atoms with Gasteiger partial charge in [0.2, 0.25) is 5.76 Å². The number of carboxylic acid groups (broad SMARTS) is 1. The van der Waals surface area contributed by atoms with Gasteiger partial charge < -0.3 is 9.84 Å². The normalized spacial score (nSPS) is 12.2. The van der Waals surface area contributed by atoms with Crippen molar-refractivity contribution in [2.45, 2.75) is 6.92 Å². The van der Waals surface area contributed by atoms with Crippen LogP contribution in [0.15, 0.2) is 42.2 Å². The summed E-state index contributed by atoms with van der Waals surface area (Å²) in [6.45, 7) is 2.07. The van der Waals surface area contributed by atoms with Crippen molar-refractivity contribution in [2.24, 2.45) is 0 Å². The summed E-state index contributed by atoms with van der Waals surface area (Å²) in [6, 6.07) is 8.20. The molecule has 0 fully saturated rings. The van der Waals surface area contributed by atoms with Crippen molar-refractivity contribution in [2.75, 3.05) is 7.11 Å². The number of aliphatic carboxylic acids is 1. The first-order valence-corrected chi connectivity index (χ1v) is 6.59. The summed E-state index contributed by atoms with van der Waals surface area (Å²) in [7, 11) is 1.35. The molecule has 0 unspecified atom stereocenters. The highest BCUT2D eigenvalue weighted by molar-refractivity contribution is 7.20. The van der Waals surface area contributed by atoms with E-state index in [9.17, 15) is 4.79 Å². The molecule has 1 aromatic heterocycles. The molecule has 1 aromatic carbocycles. The van der Waals surface area contributed by atoms with Crippen LogP contribution in [0, 0.1) is 6.92 Å². The van der Waals surface area contributed by atoms with E-state index in [4.69, 9.17) is 9.84 Å². The van der Waals surface area contributed by atoms with Crippen LogP contribution in [0.3, 0.4) is 0 Å². The van der Waals surface area contributed by atoms with Crippen LogP contribution in [0.1, 0.15) is 10.4 Å². The van der Waals surface area contributed by atoms with Crippen LogP contribution in [-0.4, -0.2) is 18.2 Å². The number of hydrogen-bond acceptors (Lipinski definition) is 3. The summed E-state index contributed by atoms with van der Waals surface area (Å²) >= 11 is 1.69. The Morgan fingerprint density at radius 2 is 2.11 bits per heavy atom. The first kappa shape index (κ1) is 13.4. The van der Waals surface area contributed by atoms with E-state index in [1.54, 1.807) is 17.4 Å². The second-order valence-corrected chi connectivity index (χ2v) is 5.07. The molecule has 1 heterocycles. The average molecular weight is 274 g/mol. The van der Waals surface area contributed by atoms with E-state index in [1.807, 2.05) is 18.2 Å². The van der Waals surface area contributed by atoms with E-state index < -0.39 is 5.97 Å². The minimum absolute atomic E-state index is 0.0741. The molecule has 0 saturated heterocycles. The first-order valence-electron chi connectivity index (χ1n) is 5.77. The molecule has 0 bridgehead atoms. The molecule has 2 aromatic rings.